The minimum Gasteiger partial charge on any atom is -0.748 e. The van der Waals surface area contributed by atoms with Gasteiger partial charge in [0.15, 0.2) is 12.4 Å². The summed E-state index contributed by atoms with van der Waals surface area (Å²) in [7, 11) is -4.85. The number of aliphatic hydroxyl groups excluding tert-OH is 3. The Labute approximate surface area is 402 Å². The second-order valence-electron chi connectivity index (χ2n) is 16.8. The van der Waals surface area contributed by atoms with Crippen LogP contribution in [0.2, 0.25) is 0 Å². The van der Waals surface area contributed by atoms with Crippen molar-refractivity contribution in [3.63, 3.8) is 0 Å². The van der Waals surface area contributed by atoms with Crippen molar-refractivity contribution in [2.45, 2.75) is 256 Å². The number of hydrogen-bond acceptors (Lipinski definition) is 12. The van der Waals surface area contributed by atoms with E-state index in [0.29, 0.717) is 12.8 Å². The van der Waals surface area contributed by atoms with Gasteiger partial charge in [-0.15, -0.1) is 0 Å². The van der Waals surface area contributed by atoms with Gasteiger partial charge in [-0.3, -0.25) is 9.59 Å². The molecule has 0 aromatic rings. The van der Waals surface area contributed by atoms with Crippen molar-refractivity contribution in [2.24, 2.45) is 0 Å². The van der Waals surface area contributed by atoms with Crippen molar-refractivity contribution in [3.8, 4) is 0 Å². The molecular weight excluding hydrogens is 804 g/mol. The Kier molecular flexibility index (Phi) is 40.0. The van der Waals surface area contributed by atoms with Gasteiger partial charge in [-0.2, -0.15) is 0 Å². The molecule has 1 heterocycles. The molecule has 1 rings (SSSR count). The minimum absolute atomic E-state index is 0. The van der Waals surface area contributed by atoms with Crippen LogP contribution in [0, 0.1) is 0 Å². The van der Waals surface area contributed by atoms with E-state index in [2.05, 4.69) is 13.8 Å². The maximum Gasteiger partial charge on any atom is 1.00 e. The normalized spacial score (nSPS) is 19.9. The summed E-state index contributed by atoms with van der Waals surface area (Å²) >= 11 is 0. The standard InChI is InChI=1S/C45H86O12S.K/c1-3-5-7-9-11-13-15-17-19-21-23-25-27-29-31-33-40(46)54-35-38(36-55-45-44(50)43(49)42(48)39(57-45)37-58(51,52)53)56-41(47)34-32-30-28-26-24-22-20-18-16-14-12-10-8-6-4-2;/h38-39,42-45,48-50H,3-37H2,1-2H3,(H,51,52,53);/q;+1/p-1/t38?,39-,42-,43+,44-,45+;/m1./s1. The van der Waals surface area contributed by atoms with Gasteiger partial charge in [-0.1, -0.05) is 194 Å². The first-order valence-corrected chi connectivity index (χ1v) is 25.2. The molecule has 0 aromatic heterocycles. The van der Waals surface area contributed by atoms with Gasteiger partial charge in [-0.05, 0) is 12.8 Å². The summed E-state index contributed by atoms with van der Waals surface area (Å²) < 4.78 is 55.9. The van der Waals surface area contributed by atoms with Gasteiger partial charge in [0.2, 0.25) is 0 Å². The molecule has 0 saturated carbocycles. The van der Waals surface area contributed by atoms with Crippen LogP contribution in [0.15, 0.2) is 0 Å². The number of carbonyl (C=O) groups is 2. The third-order valence-corrected chi connectivity index (χ3v) is 11.9. The molecule has 344 valence electrons. The average Bonchev–Trinajstić information content (AvgIpc) is 3.18. The van der Waals surface area contributed by atoms with Crippen LogP contribution >= 0.6 is 0 Å². The molecule has 0 amide bonds. The maximum atomic E-state index is 12.8. The van der Waals surface area contributed by atoms with Crippen molar-refractivity contribution in [3.05, 3.63) is 0 Å². The second kappa shape index (κ2) is 39.8. The molecule has 14 heteroatoms. The van der Waals surface area contributed by atoms with E-state index in [1.165, 1.54) is 141 Å². The smallest absolute Gasteiger partial charge is 0.748 e. The molecule has 1 aliphatic heterocycles. The summed E-state index contributed by atoms with van der Waals surface area (Å²) in [5, 5.41) is 30.8. The fraction of sp³-hybridized carbons (Fsp3) is 0.956. The molecule has 1 fully saturated rings. The molecule has 3 N–H and O–H groups in total. The first-order chi connectivity index (χ1) is 28.0. The molecule has 0 spiro atoms. The Morgan fingerprint density at radius 1 is 0.542 bits per heavy atom. The van der Waals surface area contributed by atoms with Crippen LogP contribution in [0.1, 0.15) is 219 Å². The van der Waals surface area contributed by atoms with E-state index in [1.807, 2.05) is 0 Å². The summed E-state index contributed by atoms with van der Waals surface area (Å²) in [6.45, 7) is 3.76. The Balaban J connectivity index is 0.0000336. The zero-order chi connectivity index (χ0) is 42.7. The van der Waals surface area contributed by atoms with Crippen LogP contribution in [-0.4, -0.2) is 96.0 Å². The van der Waals surface area contributed by atoms with Crippen LogP contribution in [0.5, 0.6) is 0 Å². The number of unbranched alkanes of at least 4 members (excludes halogenated alkanes) is 28. The monoisotopic (exact) mass is 889 g/mol. The predicted octanol–water partition coefficient (Wildman–Crippen LogP) is 6.34. The van der Waals surface area contributed by atoms with Crippen LogP contribution in [0.25, 0.3) is 0 Å². The molecule has 12 nitrogen and oxygen atoms in total. The second-order valence-corrected chi connectivity index (χ2v) is 18.2. The summed E-state index contributed by atoms with van der Waals surface area (Å²) in [6, 6.07) is 0. The largest absolute Gasteiger partial charge is 1.00 e. The number of carbonyl (C=O) groups excluding carboxylic acids is 2. The van der Waals surface area contributed by atoms with Crippen molar-refractivity contribution < 1.29 is 108 Å². The SMILES string of the molecule is CCCCCCCCCCCCCCCCCC(=O)OCC(CO[C@H]1O[C@H](CS(=O)(=O)[O-])[C@@H](O)[C@H](O)[C@H]1O)OC(=O)CCCCCCCCCCCCCCCCC.[K+]. The van der Waals surface area contributed by atoms with Gasteiger partial charge < -0.3 is 38.8 Å². The zero-order valence-corrected chi connectivity index (χ0v) is 41.6. The minimum atomic E-state index is -4.85. The number of aliphatic hydroxyl groups is 3. The quantitative estimate of drug-likeness (QED) is 0.0269. The van der Waals surface area contributed by atoms with Gasteiger partial charge in [-0.25, -0.2) is 8.42 Å². The molecule has 0 aromatic carbocycles. The van der Waals surface area contributed by atoms with Crippen LogP contribution in [0.4, 0.5) is 0 Å². The molecule has 0 aliphatic carbocycles. The average molecular weight is 889 g/mol. The van der Waals surface area contributed by atoms with Gasteiger partial charge >= 0.3 is 63.3 Å². The van der Waals surface area contributed by atoms with E-state index in [1.54, 1.807) is 0 Å². The summed E-state index contributed by atoms with van der Waals surface area (Å²) in [5.41, 5.74) is 0. The Morgan fingerprint density at radius 3 is 1.27 bits per heavy atom. The molecule has 1 unspecified atom stereocenters. The number of ether oxygens (including phenoxy) is 4. The fourth-order valence-corrected chi connectivity index (χ4v) is 8.17. The molecule has 1 saturated heterocycles. The van der Waals surface area contributed by atoms with E-state index >= 15 is 0 Å². The molecule has 6 atom stereocenters. The van der Waals surface area contributed by atoms with Crippen molar-refractivity contribution in [1.29, 1.82) is 0 Å². The molecular formula is C45H85KO12S. The predicted molar refractivity (Wildman–Crippen MR) is 227 cm³/mol. The van der Waals surface area contributed by atoms with Crippen LogP contribution < -0.4 is 51.4 Å². The van der Waals surface area contributed by atoms with Gasteiger partial charge in [0.05, 0.1) is 22.5 Å². The van der Waals surface area contributed by atoms with Crippen LogP contribution in [0.3, 0.4) is 0 Å². The summed E-state index contributed by atoms with van der Waals surface area (Å²) in [4.78, 5) is 25.4. The van der Waals surface area contributed by atoms with E-state index < -0.39 is 71.2 Å². The van der Waals surface area contributed by atoms with E-state index in [0.717, 1.165) is 38.5 Å². The van der Waals surface area contributed by atoms with Crippen LogP contribution in [-0.2, 0) is 38.7 Å². The van der Waals surface area contributed by atoms with E-state index in [-0.39, 0.29) is 70.8 Å². The van der Waals surface area contributed by atoms with Crippen molar-refractivity contribution in [2.75, 3.05) is 19.0 Å². The number of hydrogen-bond donors (Lipinski definition) is 3. The Morgan fingerprint density at radius 2 is 0.898 bits per heavy atom. The van der Waals surface area contributed by atoms with Gasteiger partial charge in [0, 0.05) is 12.8 Å². The number of esters is 2. The van der Waals surface area contributed by atoms with Gasteiger partial charge in [0.25, 0.3) is 0 Å². The third-order valence-electron chi connectivity index (χ3n) is 11.2. The fourth-order valence-electron chi connectivity index (χ4n) is 7.50. The van der Waals surface area contributed by atoms with E-state index in [9.17, 15) is 37.9 Å². The molecule has 0 radical (unpaired) electrons. The van der Waals surface area contributed by atoms with Gasteiger partial charge in [0.1, 0.15) is 31.0 Å². The first-order valence-electron chi connectivity index (χ1n) is 23.6. The topological polar surface area (TPSA) is 189 Å². The maximum absolute atomic E-state index is 12.8. The summed E-state index contributed by atoms with van der Waals surface area (Å²) in [5.74, 6) is -2.09. The molecule has 0 bridgehead atoms. The van der Waals surface area contributed by atoms with E-state index in [4.69, 9.17) is 18.9 Å². The third kappa shape index (κ3) is 34.4. The summed E-state index contributed by atoms with van der Waals surface area (Å²) in [6.07, 6.45) is 26.8. The first kappa shape index (κ1) is 59.3. The molecule has 59 heavy (non-hydrogen) atoms. The van der Waals surface area contributed by atoms with Crippen molar-refractivity contribution >= 4 is 22.1 Å². The molecule has 1 aliphatic rings. The Bertz CT molecular complexity index is 1100. The Hall–Kier alpha value is 0.286. The number of rotatable bonds is 40. The van der Waals surface area contributed by atoms with Crippen molar-refractivity contribution in [1.82, 2.24) is 0 Å². The zero-order valence-electron chi connectivity index (χ0n) is 37.6.